The molecule has 0 aromatic heterocycles. The molecule has 0 radical (unpaired) electrons. The van der Waals surface area contributed by atoms with Gasteiger partial charge < -0.3 is 10.0 Å². The fourth-order valence-corrected chi connectivity index (χ4v) is 7.61. The fourth-order valence-electron chi connectivity index (χ4n) is 7.09. The van der Waals surface area contributed by atoms with E-state index in [9.17, 15) is 14.7 Å². The van der Waals surface area contributed by atoms with Crippen LogP contribution < -0.4 is 0 Å². The lowest BCUT2D eigenvalue weighted by Crippen LogP contribution is -2.54. The third-order valence-electron chi connectivity index (χ3n) is 8.33. The summed E-state index contributed by atoms with van der Waals surface area (Å²) in [6.45, 7) is 4.49. The third kappa shape index (κ3) is 2.19. The number of halogens is 1. The van der Waals surface area contributed by atoms with E-state index in [-0.39, 0.29) is 22.7 Å². The van der Waals surface area contributed by atoms with Crippen molar-refractivity contribution in [3.05, 3.63) is 10.7 Å². The predicted molar refractivity (Wildman–Crippen MR) is 95.8 cm³/mol. The number of amides is 1. The lowest BCUT2D eigenvalue weighted by atomic mass is 9.49. The maximum Gasteiger partial charge on any atom is 0.307 e. The Morgan fingerprint density at radius 2 is 1.92 bits per heavy atom. The molecule has 0 aromatic carbocycles. The Labute approximate surface area is 154 Å². The normalized spacial score (nSPS) is 46.6. The maximum absolute atomic E-state index is 12.2. The second-order valence-electron chi connectivity index (χ2n) is 9.22. The van der Waals surface area contributed by atoms with Crippen LogP contribution >= 0.6 is 11.6 Å². The van der Waals surface area contributed by atoms with Crippen molar-refractivity contribution in [3.63, 3.8) is 0 Å². The molecule has 3 fully saturated rings. The molecule has 25 heavy (non-hydrogen) atoms. The lowest BCUT2D eigenvalue weighted by molar-refractivity contribution is -0.150. The second kappa shape index (κ2) is 5.48. The number of carboxylic acid groups (broad SMARTS) is 1. The van der Waals surface area contributed by atoms with Gasteiger partial charge in [-0.05, 0) is 61.7 Å². The van der Waals surface area contributed by atoms with Gasteiger partial charge in [-0.25, -0.2) is 0 Å². The zero-order valence-electron chi connectivity index (χ0n) is 15.3. The van der Waals surface area contributed by atoms with E-state index in [4.69, 9.17) is 11.6 Å². The number of likely N-dealkylation sites (tertiary alicyclic amines) is 1. The first-order valence-electron chi connectivity index (χ1n) is 9.58. The summed E-state index contributed by atoms with van der Waals surface area (Å²) in [4.78, 5) is 25.8. The number of carboxylic acids is 1. The Kier molecular flexibility index (Phi) is 3.81. The Hall–Kier alpha value is -1.03. The molecule has 0 spiro atoms. The molecular formula is C20H28ClNO3. The van der Waals surface area contributed by atoms with Gasteiger partial charge in [-0.2, -0.15) is 0 Å². The first kappa shape index (κ1) is 17.4. The highest BCUT2D eigenvalue weighted by Gasteiger charge is 2.61. The molecule has 6 atom stereocenters. The van der Waals surface area contributed by atoms with E-state index in [0.29, 0.717) is 24.2 Å². The largest absolute Gasteiger partial charge is 0.481 e. The van der Waals surface area contributed by atoms with E-state index in [1.54, 1.807) is 4.90 Å². The van der Waals surface area contributed by atoms with Gasteiger partial charge in [-0.3, -0.25) is 9.59 Å². The number of hydrogen-bond donors (Lipinski definition) is 1. The van der Waals surface area contributed by atoms with Crippen LogP contribution in [-0.2, 0) is 9.59 Å². The van der Waals surface area contributed by atoms with Crippen molar-refractivity contribution in [2.24, 2.45) is 34.5 Å². The molecule has 1 N–H and O–H groups in total. The minimum atomic E-state index is -0.629. The van der Waals surface area contributed by atoms with E-state index < -0.39 is 5.97 Å². The van der Waals surface area contributed by atoms with Gasteiger partial charge in [-0.15, -0.1) is 0 Å². The van der Waals surface area contributed by atoms with Gasteiger partial charge in [0.1, 0.15) is 0 Å². The molecule has 4 nitrogen and oxygen atoms in total. The molecule has 1 heterocycles. The van der Waals surface area contributed by atoms with Gasteiger partial charge in [0.05, 0.1) is 5.92 Å². The summed E-state index contributed by atoms with van der Waals surface area (Å²) in [6, 6.07) is 0. The number of allylic oxidation sites excluding steroid dienone is 2. The second-order valence-corrected chi connectivity index (χ2v) is 9.67. The molecule has 4 rings (SSSR count). The highest BCUT2D eigenvalue weighted by Crippen LogP contribution is 2.67. The van der Waals surface area contributed by atoms with Crippen LogP contribution in [0.25, 0.3) is 0 Å². The van der Waals surface area contributed by atoms with Crippen LogP contribution in [0, 0.1) is 34.5 Å². The smallest absolute Gasteiger partial charge is 0.307 e. The summed E-state index contributed by atoms with van der Waals surface area (Å²) in [5.41, 5.74) is 0.891. The average molecular weight is 366 g/mol. The van der Waals surface area contributed by atoms with E-state index in [1.807, 2.05) is 7.05 Å². The minimum Gasteiger partial charge on any atom is -0.481 e. The molecule has 1 saturated heterocycles. The summed E-state index contributed by atoms with van der Waals surface area (Å²) in [7, 11) is 1.86. The predicted octanol–water partition coefficient (Wildman–Crippen LogP) is 4.24. The van der Waals surface area contributed by atoms with Gasteiger partial charge in [0.25, 0.3) is 0 Å². The molecule has 1 aliphatic heterocycles. The topological polar surface area (TPSA) is 57.6 Å². The van der Waals surface area contributed by atoms with Gasteiger partial charge in [0.15, 0.2) is 0 Å². The standard InChI is InChI=1S/C20H28ClNO3/c1-19-8-6-13-11(12(19)4-5-14(19)18(24)25)10-15(21)17-20(13,2)9-7-16(23)22(17)3/h11-14H,4-10H2,1-3H3,(H,24,25)/t11-,12-,13+,14?,19-,20+/m0/s1. The van der Waals surface area contributed by atoms with Crippen LogP contribution in [0.3, 0.4) is 0 Å². The van der Waals surface area contributed by atoms with Crippen molar-refractivity contribution in [3.8, 4) is 0 Å². The quantitative estimate of drug-likeness (QED) is 0.756. The number of piperidine rings is 1. The van der Waals surface area contributed by atoms with Crippen molar-refractivity contribution in [1.82, 2.24) is 4.90 Å². The van der Waals surface area contributed by atoms with Crippen molar-refractivity contribution in [2.45, 2.75) is 58.8 Å². The Balaban J connectivity index is 1.74. The van der Waals surface area contributed by atoms with Crippen LogP contribution in [0.4, 0.5) is 0 Å². The summed E-state index contributed by atoms with van der Waals surface area (Å²) in [5, 5.41) is 10.5. The first-order chi connectivity index (χ1) is 11.7. The average Bonchev–Trinajstić information content (AvgIpc) is 2.89. The summed E-state index contributed by atoms with van der Waals surface area (Å²) < 4.78 is 0. The molecule has 3 aliphatic carbocycles. The number of hydrogen-bond acceptors (Lipinski definition) is 2. The molecule has 2 saturated carbocycles. The van der Waals surface area contributed by atoms with Gasteiger partial charge in [0, 0.05) is 29.6 Å². The zero-order chi connectivity index (χ0) is 18.1. The molecule has 1 amide bonds. The monoisotopic (exact) mass is 365 g/mol. The summed E-state index contributed by atoms with van der Waals surface area (Å²) in [5.74, 6) is 0.706. The van der Waals surface area contributed by atoms with Gasteiger partial charge in [-0.1, -0.05) is 25.4 Å². The first-order valence-corrected chi connectivity index (χ1v) is 9.96. The molecule has 0 bridgehead atoms. The van der Waals surface area contributed by atoms with Crippen LogP contribution in [0.15, 0.2) is 10.7 Å². The minimum absolute atomic E-state index is 0.0503. The maximum atomic E-state index is 12.2. The highest BCUT2D eigenvalue weighted by molar-refractivity contribution is 6.30. The Morgan fingerprint density at radius 3 is 2.60 bits per heavy atom. The SMILES string of the molecule is CN1C(=O)CC[C@@]2(C)C1=C(Cl)C[C@@H]1[C@H]2CC[C@]2(C)C(C(=O)O)CC[C@@H]12. The van der Waals surface area contributed by atoms with Crippen LogP contribution in [0.1, 0.15) is 58.8 Å². The number of carbonyl (C=O) groups is 2. The van der Waals surface area contributed by atoms with Crippen molar-refractivity contribution in [2.75, 3.05) is 7.05 Å². The molecule has 1 unspecified atom stereocenters. The third-order valence-corrected chi connectivity index (χ3v) is 8.67. The van der Waals surface area contributed by atoms with Crippen molar-refractivity contribution in [1.29, 1.82) is 0 Å². The highest BCUT2D eigenvalue weighted by atomic mass is 35.5. The number of fused-ring (bicyclic) bond motifs is 5. The Morgan fingerprint density at radius 1 is 1.20 bits per heavy atom. The van der Waals surface area contributed by atoms with E-state index >= 15 is 0 Å². The van der Waals surface area contributed by atoms with E-state index in [2.05, 4.69) is 13.8 Å². The van der Waals surface area contributed by atoms with Crippen molar-refractivity contribution >= 4 is 23.5 Å². The number of nitrogens with zero attached hydrogens (tertiary/aromatic N) is 1. The van der Waals surface area contributed by atoms with Crippen molar-refractivity contribution < 1.29 is 14.7 Å². The molecule has 5 heteroatoms. The van der Waals surface area contributed by atoms with E-state index in [1.165, 1.54) is 0 Å². The number of carbonyl (C=O) groups excluding carboxylic acids is 1. The molecule has 0 aromatic rings. The summed E-state index contributed by atoms with van der Waals surface area (Å²) >= 11 is 6.76. The molecule has 138 valence electrons. The van der Waals surface area contributed by atoms with Crippen LogP contribution in [0.2, 0.25) is 0 Å². The van der Waals surface area contributed by atoms with Gasteiger partial charge in [0.2, 0.25) is 5.91 Å². The fraction of sp³-hybridized carbons (Fsp3) is 0.800. The molecule has 4 aliphatic rings. The molecular weight excluding hydrogens is 338 g/mol. The number of aliphatic carboxylic acids is 1. The van der Waals surface area contributed by atoms with Crippen LogP contribution in [-0.4, -0.2) is 28.9 Å². The lowest BCUT2D eigenvalue weighted by Gasteiger charge is -2.58. The van der Waals surface area contributed by atoms with Gasteiger partial charge >= 0.3 is 5.97 Å². The summed E-state index contributed by atoms with van der Waals surface area (Å²) in [6.07, 6.45) is 6.09. The van der Waals surface area contributed by atoms with Crippen LogP contribution in [0.5, 0.6) is 0 Å². The zero-order valence-corrected chi connectivity index (χ0v) is 16.1. The van der Waals surface area contributed by atoms with E-state index in [0.717, 1.165) is 49.3 Å². The Bertz CT molecular complexity index is 674. The number of rotatable bonds is 1.